The second kappa shape index (κ2) is 10.4. The van der Waals surface area contributed by atoms with Crippen LogP contribution in [0.4, 0.5) is 8.78 Å². The van der Waals surface area contributed by atoms with Crippen LogP contribution in [-0.4, -0.2) is 66.0 Å². The van der Waals surface area contributed by atoms with Crippen molar-refractivity contribution in [2.24, 2.45) is 0 Å². The van der Waals surface area contributed by atoms with Crippen LogP contribution in [0.2, 0.25) is 5.02 Å². The van der Waals surface area contributed by atoms with Gasteiger partial charge in [0, 0.05) is 30.1 Å². The van der Waals surface area contributed by atoms with Crippen LogP contribution in [0.3, 0.4) is 0 Å². The number of H-pyrrole nitrogens is 1. The number of ether oxygens (including phenoxy) is 1. The lowest BCUT2D eigenvalue weighted by atomic mass is 9.99. The van der Waals surface area contributed by atoms with E-state index in [1.54, 1.807) is 37.3 Å². The van der Waals surface area contributed by atoms with Crippen LogP contribution < -0.4 is 4.74 Å². The van der Waals surface area contributed by atoms with Gasteiger partial charge in [-0.05, 0) is 60.7 Å². The highest BCUT2D eigenvalue weighted by Crippen LogP contribution is 2.41. The minimum Gasteiger partial charge on any atom is -0.491 e. The number of aromatic nitrogens is 2. The summed E-state index contributed by atoms with van der Waals surface area (Å²) >= 11 is 6.26. The molecule has 2 aromatic carbocycles. The van der Waals surface area contributed by atoms with Crippen molar-refractivity contribution in [1.82, 2.24) is 14.9 Å². The van der Waals surface area contributed by atoms with E-state index in [0.717, 1.165) is 26.8 Å². The zero-order valence-electron chi connectivity index (χ0n) is 20.8. The first-order chi connectivity index (χ1) is 18.2. The first-order valence-corrected chi connectivity index (χ1v) is 14.4. The first-order valence-electron chi connectivity index (χ1n) is 12.5. The molecule has 0 amide bonds. The van der Waals surface area contributed by atoms with Crippen LogP contribution >= 0.6 is 11.6 Å². The summed E-state index contributed by atoms with van der Waals surface area (Å²) in [7, 11) is -3.37. The predicted octanol–water partition coefficient (Wildman–Crippen LogP) is 5.65. The Morgan fingerprint density at radius 2 is 2.03 bits per heavy atom. The van der Waals surface area contributed by atoms with Crippen molar-refractivity contribution in [3.05, 3.63) is 53.7 Å². The molecule has 1 aliphatic carbocycles. The number of sulfone groups is 1. The Morgan fingerprint density at radius 1 is 1.24 bits per heavy atom. The molecule has 0 radical (unpaired) electrons. The van der Waals surface area contributed by atoms with Crippen molar-refractivity contribution in [2.45, 2.75) is 42.4 Å². The van der Waals surface area contributed by atoms with Gasteiger partial charge in [0.2, 0.25) is 0 Å². The first kappa shape index (κ1) is 26.8. The van der Waals surface area contributed by atoms with Crippen molar-refractivity contribution < 1.29 is 27.0 Å². The average molecular weight is 564 g/mol. The van der Waals surface area contributed by atoms with Crippen LogP contribution in [0.1, 0.15) is 26.2 Å². The van der Waals surface area contributed by atoms with Crippen molar-refractivity contribution in [3.8, 4) is 16.9 Å². The number of nitrogens with zero attached hydrogens (tertiary/aromatic N) is 2. The molecule has 38 heavy (non-hydrogen) atoms. The standard InChI is InChI=1S/C27H28ClF2N3O4S/c1-2-33(27(29,30)16-34)11-4-12-37-23-10-9-21(24-22-14-18(28)15-31-26(22)32-25(23)24)17-5-3-6-20(13-17)38(35,36)19-7-8-19/h3,5-6,9-10,13-15,19,34H,2,4,7-8,11-12,16H2,1H3,(H,31,32). The zero-order valence-corrected chi connectivity index (χ0v) is 22.3. The fraction of sp³-hybridized carbons (Fsp3) is 0.370. The molecule has 1 fully saturated rings. The van der Waals surface area contributed by atoms with Gasteiger partial charge < -0.3 is 14.8 Å². The number of halogens is 3. The van der Waals surface area contributed by atoms with E-state index in [1.165, 1.54) is 6.20 Å². The number of aliphatic hydroxyl groups is 1. The van der Waals surface area contributed by atoms with E-state index >= 15 is 0 Å². The Kier molecular flexibility index (Phi) is 7.34. The lowest BCUT2D eigenvalue weighted by Gasteiger charge is -2.28. The quantitative estimate of drug-likeness (QED) is 0.181. The zero-order chi connectivity index (χ0) is 27.1. The van der Waals surface area contributed by atoms with Gasteiger partial charge in [-0.25, -0.2) is 18.3 Å². The Hall–Kier alpha value is -2.79. The largest absolute Gasteiger partial charge is 0.491 e. The number of aromatic amines is 1. The Bertz CT molecular complexity index is 1590. The van der Waals surface area contributed by atoms with Crippen molar-refractivity contribution in [2.75, 3.05) is 26.3 Å². The number of hydrogen-bond acceptors (Lipinski definition) is 6. The number of aliphatic hydroxyl groups excluding tert-OH is 1. The number of fused-ring (bicyclic) bond motifs is 3. The molecule has 0 unspecified atom stereocenters. The second-order valence-corrected chi connectivity index (χ2v) is 12.1. The molecule has 2 aromatic heterocycles. The van der Waals surface area contributed by atoms with E-state index in [1.807, 2.05) is 12.1 Å². The number of nitrogens with one attached hydrogen (secondary N) is 1. The summed E-state index contributed by atoms with van der Waals surface area (Å²) in [6, 6.07) is 9.05. The maximum atomic E-state index is 13.9. The summed E-state index contributed by atoms with van der Waals surface area (Å²) in [6.45, 7) is 0.691. The van der Waals surface area contributed by atoms with E-state index in [4.69, 9.17) is 21.4 Å². The molecule has 0 bridgehead atoms. The highest BCUT2D eigenvalue weighted by molar-refractivity contribution is 7.92. The third-order valence-corrected chi connectivity index (χ3v) is 9.30. The van der Waals surface area contributed by atoms with Gasteiger partial charge in [-0.2, -0.15) is 8.78 Å². The third kappa shape index (κ3) is 5.10. The van der Waals surface area contributed by atoms with Gasteiger partial charge in [0.15, 0.2) is 9.84 Å². The molecule has 0 aliphatic heterocycles. The van der Waals surface area contributed by atoms with Crippen LogP contribution in [0.5, 0.6) is 5.75 Å². The Morgan fingerprint density at radius 3 is 2.74 bits per heavy atom. The highest BCUT2D eigenvalue weighted by Gasteiger charge is 2.37. The SMILES string of the molecule is CCN(CCCOc1ccc(-c2cccc(S(=O)(=O)C3CC3)c2)c2c1[nH]c1ncc(Cl)cc12)C(F)(F)CO. The molecule has 5 rings (SSSR count). The van der Waals surface area contributed by atoms with Gasteiger partial charge in [-0.3, -0.25) is 0 Å². The second-order valence-electron chi connectivity index (χ2n) is 9.41. The van der Waals surface area contributed by atoms with Crippen LogP contribution in [-0.2, 0) is 9.84 Å². The summed E-state index contributed by atoms with van der Waals surface area (Å²) in [5.41, 5.74) is 2.75. The van der Waals surface area contributed by atoms with Crippen molar-refractivity contribution >= 4 is 43.4 Å². The summed E-state index contributed by atoms with van der Waals surface area (Å²) < 4.78 is 59.5. The average Bonchev–Trinajstić information content (AvgIpc) is 3.71. The number of alkyl halides is 2. The topological polar surface area (TPSA) is 95.5 Å². The number of hydrogen-bond donors (Lipinski definition) is 2. The molecular weight excluding hydrogens is 536 g/mol. The normalized spacial score (nSPS) is 14.6. The molecule has 2 N–H and O–H groups in total. The molecule has 0 saturated heterocycles. The molecule has 7 nitrogen and oxygen atoms in total. The summed E-state index contributed by atoms with van der Waals surface area (Å²) in [4.78, 5) is 8.87. The number of benzene rings is 2. The molecule has 202 valence electrons. The van der Waals surface area contributed by atoms with Gasteiger partial charge in [0.25, 0.3) is 0 Å². The van der Waals surface area contributed by atoms with Gasteiger partial charge >= 0.3 is 6.05 Å². The van der Waals surface area contributed by atoms with Crippen molar-refractivity contribution in [3.63, 3.8) is 0 Å². The fourth-order valence-electron chi connectivity index (χ4n) is 4.70. The number of likely N-dealkylation sites (N-methyl/N-ethyl adjacent to an activating group) is 1. The molecule has 2 heterocycles. The van der Waals surface area contributed by atoms with Crippen molar-refractivity contribution in [1.29, 1.82) is 0 Å². The molecule has 11 heteroatoms. The van der Waals surface area contributed by atoms with Gasteiger partial charge in [0.1, 0.15) is 18.0 Å². The summed E-state index contributed by atoms with van der Waals surface area (Å²) in [5, 5.41) is 10.6. The Balaban J connectivity index is 1.50. The molecule has 1 aliphatic rings. The lowest BCUT2D eigenvalue weighted by molar-refractivity contribution is -0.172. The summed E-state index contributed by atoms with van der Waals surface area (Å²) in [6.07, 6.45) is 3.22. The molecule has 0 atom stereocenters. The molecular formula is C27H28ClF2N3O4S. The van der Waals surface area contributed by atoms with Crippen LogP contribution in [0, 0.1) is 0 Å². The van der Waals surface area contributed by atoms with E-state index in [-0.39, 0.29) is 24.9 Å². The minimum absolute atomic E-state index is 0.0530. The van der Waals surface area contributed by atoms with E-state index in [0.29, 0.717) is 46.1 Å². The predicted molar refractivity (Wildman–Crippen MR) is 144 cm³/mol. The Labute approximate surface area is 224 Å². The molecule has 1 saturated carbocycles. The van der Waals surface area contributed by atoms with Crippen LogP contribution in [0.15, 0.2) is 53.6 Å². The molecule has 0 spiro atoms. The van der Waals surface area contributed by atoms with Crippen LogP contribution in [0.25, 0.3) is 33.1 Å². The molecule has 4 aromatic rings. The van der Waals surface area contributed by atoms with E-state index < -0.39 is 22.5 Å². The van der Waals surface area contributed by atoms with Gasteiger partial charge in [-0.1, -0.05) is 30.7 Å². The lowest BCUT2D eigenvalue weighted by Crippen LogP contribution is -2.45. The maximum absolute atomic E-state index is 13.9. The summed E-state index contributed by atoms with van der Waals surface area (Å²) in [5.74, 6) is 0.511. The fourth-order valence-corrected chi connectivity index (χ4v) is 6.56. The highest BCUT2D eigenvalue weighted by atomic mass is 35.5. The van der Waals surface area contributed by atoms with Gasteiger partial charge in [0.05, 0.1) is 27.3 Å². The van der Waals surface area contributed by atoms with Gasteiger partial charge in [-0.15, -0.1) is 0 Å². The minimum atomic E-state index is -3.37. The number of pyridine rings is 1. The van der Waals surface area contributed by atoms with E-state index in [9.17, 15) is 17.2 Å². The monoisotopic (exact) mass is 563 g/mol. The third-order valence-electron chi connectivity index (χ3n) is 6.84. The van der Waals surface area contributed by atoms with E-state index in [2.05, 4.69) is 9.97 Å². The smallest absolute Gasteiger partial charge is 0.327 e. The maximum Gasteiger partial charge on any atom is 0.327 e. The number of rotatable bonds is 11.